The van der Waals surface area contributed by atoms with Crippen molar-refractivity contribution >= 4 is 23.7 Å². The van der Waals surface area contributed by atoms with E-state index in [1.807, 2.05) is 39.0 Å². The van der Waals surface area contributed by atoms with Crippen LogP contribution in [0, 0.1) is 0 Å². The molecule has 0 atom stereocenters. The van der Waals surface area contributed by atoms with E-state index in [0.29, 0.717) is 13.0 Å². The molecule has 2 N–H and O–H groups in total. The zero-order valence-electron chi connectivity index (χ0n) is 14.2. The fraction of sp³-hybridized carbons (Fsp3) is 0.529. The fourth-order valence-corrected chi connectivity index (χ4v) is 2.57. The van der Waals surface area contributed by atoms with Gasteiger partial charge in [-0.3, -0.25) is 9.79 Å². The molecule has 0 aliphatic rings. The van der Waals surface area contributed by atoms with E-state index in [1.165, 1.54) is 4.90 Å². The number of nitrogens with zero attached hydrogens (tertiary/aromatic N) is 1. The molecule has 0 radical (unpaired) electrons. The van der Waals surface area contributed by atoms with Crippen molar-refractivity contribution in [1.82, 2.24) is 10.6 Å². The first-order valence-electron chi connectivity index (χ1n) is 8.01. The maximum atomic E-state index is 11.5. The number of ether oxygens (including phenoxy) is 1. The Balaban J connectivity index is 2.27. The minimum atomic E-state index is -0.209. The smallest absolute Gasteiger partial charge is 0.307 e. The molecule has 1 aromatic carbocycles. The number of guanidine groups is 1. The van der Waals surface area contributed by atoms with Crippen LogP contribution in [0.1, 0.15) is 27.2 Å². The minimum absolute atomic E-state index is 0.0761. The lowest BCUT2D eigenvalue weighted by molar-refractivity contribution is -0.147. The Morgan fingerprint density at radius 2 is 2.00 bits per heavy atom. The average Bonchev–Trinajstić information content (AvgIpc) is 2.51. The van der Waals surface area contributed by atoms with E-state index < -0.39 is 0 Å². The van der Waals surface area contributed by atoms with E-state index in [4.69, 9.17) is 4.74 Å². The number of hydrogen-bond donors (Lipinski definition) is 2. The largest absolute Gasteiger partial charge is 0.463 e. The number of benzene rings is 1. The van der Waals surface area contributed by atoms with Crippen LogP contribution in [0.5, 0.6) is 0 Å². The molecule has 0 unspecified atom stereocenters. The van der Waals surface area contributed by atoms with Crippen molar-refractivity contribution in [2.45, 2.75) is 38.2 Å². The third-order valence-corrected chi connectivity index (χ3v) is 3.72. The molecule has 0 aliphatic heterocycles. The molecule has 0 bridgehead atoms. The molecule has 1 rings (SSSR count). The second kappa shape index (κ2) is 11.8. The van der Waals surface area contributed by atoms with Crippen molar-refractivity contribution in [3.05, 3.63) is 30.3 Å². The Morgan fingerprint density at radius 1 is 1.26 bits per heavy atom. The Morgan fingerprint density at radius 3 is 2.65 bits per heavy atom. The fourth-order valence-electron chi connectivity index (χ4n) is 1.78. The van der Waals surface area contributed by atoms with Crippen molar-refractivity contribution in [2.24, 2.45) is 4.99 Å². The van der Waals surface area contributed by atoms with Gasteiger partial charge in [0.1, 0.15) is 0 Å². The molecular formula is C17H27N3O2S. The highest BCUT2D eigenvalue weighted by atomic mass is 32.2. The van der Waals surface area contributed by atoms with Crippen molar-refractivity contribution in [3.8, 4) is 0 Å². The number of carbonyl (C=O) groups is 1. The van der Waals surface area contributed by atoms with Crippen LogP contribution in [0.2, 0.25) is 0 Å². The van der Waals surface area contributed by atoms with Crippen LogP contribution in [0.25, 0.3) is 0 Å². The van der Waals surface area contributed by atoms with Crippen molar-refractivity contribution in [2.75, 3.05) is 25.4 Å². The molecule has 0 aromatic heterocycles. The van der Waals surface area contributed by atoms with E-state index in [9.17, 15) is 4.79 Å². The van der Waals surface area contributed by atoms with Crippen LogP contribution in [0.4, 0.5) is 0 Å². The van der Waals surface area contributed by atoms with E-state index >= 15 is 0 Å². The third-order valence-electron chi connectivity index (χ3n) is 2.70. The first kappa shape index (κ1) is 19.4. The second-order valence-corrected chi connectivity index (χ2v) is 6.31. The summed E-state index contributed by atoms with van der Waals surface area (Å²) in [5.74, 6) is 1.47. The van der Waals surface area contributed by atoms with Crippen LogP contribution in [-0.2, 0) is 9.53 Å². The van der Waals surface area contributed by atoms with Gasteiger partial charge in [-0.15, -0.1) is 11.8 Å². The van der Waals surface area contributed by atoms with Crippen LogP contribution in [0.3, 0.4) is 0 Å². The lowest BCUT2D eigenvalue weighted by atomic mass is 10.4. The van der Waals surface area contributed by atoms with Gasteiger partial charge in [0.15, 0.2) is 5.96 Å². The van der Waals surface area contributed by atoms with Crippen molar-refractivity contribution < 1.29 is 9.53 Å². The third kappa shape index (κ3) is 9.84. The Bertz CT molecular complexity index is 478. The molecule has 5 nitrogen and oxygen atoms in total. The summed E-state index contributed by atoms with van der Waals surface area (Å²) in [6.07, 6.45) is 0.223. The Hall–Kier alpha value is -1.69. The zero-order chi connectivity index (χ0) is 16.9. The summed E-state index contributed by atoms with van der Waals surface area (Å²) < 4.78 is 5.09. The molecule has 128 valence electrons. The molecule has 23 heavy (non-hydrogen) atoms. The molecule has 1 aromatic rings. The van der Waals surface area contributed by atoms with Gasteiger partial charge in [0.05, 0.1) is 19.1 Å². The Kier molecular flexibility index (Phi) is 9.95. The van der Waals surface area contributed by atoms with Crippen LogP contribution >= 0.6 is 11.8 Å². The average molecular weight is 337 g/mol. The first-order chi connectivity index (χ1) is 11.1. The highest BCUT2D eigenvalue weighted by molar-refractivity contribution is 7.99. The standard InChI is InChI=1S/C17H27N3O2S/c1-4-18-17(19-11-10-16(21)22-14(2)3)20-12-13-23-15-8-6-5-7-9-15/h5-9,14H,4,10-13H2,1-3H3,(H2,18,19,20). The normalized spacial score (nSPS) is 11.4. The highest BCUT2D eigenvalue weighted by Crippen LogP contribution is 2.15. The predicted molar refractivity (Wildman–Crippen MR) is 97.0 cm³/mol. The van der Waals surface area contributed by atoms with E-state index in [-0.39, 0.29) is 12.1 Å². The number of carbonyl (C=O) groups excluding carboxylic acids is 1. The number of hydrogen-bond acceptors (Lipinski definition) is 4. The van der Waals surface area contributed by atoms with E-state index in [1.54, 1.807) is 11.8 Å². The molecule has 0 amide bonds. The van der Waals surface area contributed by atoms with Gasteiger partial charge in [0.25, 0.3) is 0 Å². The summed E-state index contributed by atoms with van der Waals surface area (Å²) in [5.41, 5.74) is 0. The first-order valence-corrected chi connectivity index (χ1v) is 9.00. The lowest BCUT2D eigenvalue weighted by Crippen LogP contribution is -2.38. The Labute approximate surface area is 143 Å². The number of aliphatic imine (C=N–C) groups is 1. The molecule has 0 fully saturated rings. The monoisotopic (exact) mass is 337 g/mol. The maximum Gasteiger partial charge on any atom is 0.307 e. The lowest BCUT2D eigenvalue weighted by Gasteiger charge is -2.11. The van der Waals surface area contributed by atoms with Crippen molar-refractivity contribution in [1.29, 1.82) is 0 Å². The van der Waals surface area contributed by atoms with Crippen molar-refractivity contribution in [3.63, 3.8) is 0 Å². The molecular weight excluding hydrogens is 310 g/mol. The summed E-state index contributed by atoms with van der Waals surface area (Å²) in [7, 11) is 0. The zero-order valence-corrected chi connectivity index (χ0v) is 15.0. The van der Waals surface area contributed by atoms with Crippen LogP contribution in [-0.4, -0.2) is 43.4 Å². The highest BCUT2D eigenvalue weighted by Gasteiger charge is 2.05. The number of thioether (sulfide) groups is 1. The maximum absolute atomic E-state index is 11.5. The van der Waals surface area contributed by atoms with Gasteiger partial charge in [-0.05, 0) is 32.9 Å². The van der Waals surface area contributed by atoms with Crippen LogP contribution in [0.15, 0.2) is 40.2 Å². The quantitative estimate of drug-likeness (QED) is 0.238. The summed E-state index contributed by atoms with van der Waals surface area (Å²) >= 11 is 1.80. The molecule has 0 heterocycles. The second-order valence-electron chi connectivity index (χ2n) is 5.14. The molecule has 6 heteroatoms. The summed E-state index contributed by atoms with van der Waals surface area (Å²) in [4.78, 5) is 17.1. The van der Waals surface area contributed by atoms with Gasteiger partial charge in [0, 0.05) is 23.7 Å². The molecule has 0 spiro atoms. The molecule has 0 aliphatic carbocycles. The van der Waals surface area contributed by atoms with Crippen LogP contribution < -0.4 is 10.6 Å². The number of rotatable bonds is 9. The number of nitrogens with one attached hydrogen (secondary N) is 2. The van der Waals surface area contributed by atoms with E-state index in [0.717, 1.165) is 24.8 Å². The number of esters is 1. The van der Waals surface area contributed by atoms with Gasteiger partial charge in [-0.1, -0.05) is 18.2 Å². The summed E-state index contributed by atoms with van der Waals surface area (Å²) in [5, 5.41) is 6.44. The molecule has 0 saturated carbocycles. The SMILES string of the molecule is CCNC(=NCCC(=O)OC(C)C)NCCSc1ccccc1. The van der Waals surface area contributed by atoms with Gasteiger partial charge in [0.2, 0.25) is 0 Å². The predicted octanol–water partition coefficient (Wildman–Crippen LogP) is 2.68. The van der Waals surface area contributed by atoms with Gasteiger partial charge in [-0.25, -0.2) is 0 Å². The molecule has 0 saturated heterocycles. The summed E-state index contributed by atoms with van der Waals surface area (Å²) in [6.45, 7) is 7.72. The van der Waals surface area contributed by atoms with Gasteiger partial charge >= 0.3 is 5.97 Å². The van der Waals surface area contributed by atoms with E-state index in [2.05, 4.69) is 27.8 Å². The van der Waals surface area contributed by atoms with Gasteiger partial charge in [-0.2, -0.15) is 0 Å². The minimum Gasteiger partial charge on any atom is -0.463 e. The summed E-state index contributed by atoms with van der Waals surface area (Å²) in [6, 6.07) is 10.3. The topological polar surface area (TPSA) is 62.7 Å². The van der Waals surface area contributed by atoms with Gasteiger partial charge < -0.3 is 15.4 Å².